The molecule has 0 N–H and O–H groups in total. The predicted octanol–water partition coefficient (Wildman–Crippen LogP) is 4.27. The van der Waals surface area contributed by atoms with E-state index in [2.05, 4.69) is 12.5 Å². The van der Waals surface area contributed by atoms with Crippen molar-refractivity contribution in [3.05, 3.63) is 18.1 Å². The largest absolute Gasteiger partial charge is 0.0847 e. The summed E-state index contributed by atoms with van der Waals surface area (Å²) in [6, 6.07) is 0. The normalized spacial score (nSPS) is 26.6. The summed E-state index contributed by atoms with van der Waals surface area (Å²) in [7, 11) is 0. The summed E-state index contributed by atoms with van der Waals surface area (Å²) in [6.07, 6.45) is 17.9. The Balaban J connectivity index is 1.93. The summed E-state index contributed by atoms with van der Waals surface area (Å²) in [4.78, 5) is 0. The first-order valence-corrected chi connectivity index (χ1v) is 6.00. The van der Waals surface area contributed by atoms with Crippen molar-refractivity contribution in [3.63, 3.8) is 0 Å². The van der Waals surface area contributed by atoms with Crippen molar-refractivity contribution in [2.45, 2.75) is 57.8 Å². The van der Waals surface area contributed by atoms with Crippen molar-refractivity contribution in [3.8, 4) is 0 Å². The molecule has 0 amide bonds. The van der Waals surface area contributed by atoms with Crippen LogP contribution in [0, 0.1) is 12.3 Å². The lowest BCUT2D eigenvalue weighted by molar-refractivity contribution is 0.602. The van der Waals surface area contributed by atoms with Gasteiger partial charge in [0.05, 0.1) is 0 Å². The van der Waals surface area contributed by atoms with Crippen molar-refractivity contribution >= 4 is 0 Å². The van der Waals surface area contributed by atoms with E-state index in [1.807, 2.05) is 0 Å². The van der Waals surface area contributed by atoms with Crippen LogP contribution in [0.4, 0.5) is 0 Å². The van der Waals surface area contributed by atoms with Crippen molar-refractivity contribution in [2.75, 3.05) is 0 Å². The van der Waals surface area contributed by atoms with Crippen molar-refractivity contribution < 1.29 is 0 Å². The molecule has 1 saturated carbocycles. The Morgan fingerprint density at radius 1 is 0.846 bits per heavy atom. The van der Waals surface area contributed by atoms with Crippen LogP contribution in [-0.4, -0.2) is 0 Å². The smallest absolute Gasteiger partial charge is 0.0135 e. The van der Waals surface area contributed by atoms with Crippen LogP contribution in [0.5, 0.6) is 0 Å². The zero-order valence-electron chi connectivity index (χ0n) is 8.60. The molecule has 0 aromatic heterocycles. The zero-order valence-corrected chi connectivity index (χ0v) is 8.60. The van der Waals surface area contributed by atoms with E-state index in [9.17, 15) is 0 Å². The number of allylic oxidation sites excluding steroid dienone is 2. The molecule has 0 unspecified atom stereocenters. The lowest BCUT2D eigenvalue weighted by Crippen LogP contribution is -2.01. The summed E-state index contributed by atoms with van der Waals surface area (Å²) in [5, 5.41) is 0. The quantitative estimate of drug-likeness (QED) is 0.561. The minimum atomic E-state index is 0.943. The minimum absolute atomic E-state index is 0.943. The maximum absolute atomic E-state index is 2.52. The van der Waals surface area contributed by atoms with Gasteiger partial charge in [-0.05, 0) is 44.4 Å². The summed E-state index contributed by atoms with van der Waals surface area (Å²) < 4.78 is 0. The van der Waals surface area contributed by atoms with Crippen LogP contribution >= 0.6 is 0 Å². The van der Waals surface area contributed by atoms with Gasteiger partial charge in [-0.15, -0.1) is 0 Å². The summed E-state index contributed by atoms with van der Waals surface area (Å²) in [6.45, 7) is 0. The molecule has 13 heavy (non-hydrogen) atoms. The Morgan fingerprint density at radius 2 is 1.62 bits per heavy atom. The van der Waals surface area contributed by atoms with Gasteiger partial charge in [0.1, 0.15) is 0 Å². The topological polar surface area (TPSA) is 0 Å². The van der Waals surface area contributed by atoms with Gasteiger partial charge in [0.25, 0.3) is 0 Å². The highest BCUT2D eigenvalue weighted by Crippen LogP contribution is 2.34. The highest BCUT2D eigenvalue weighted by molar-refractivity contribution is 5.18. The molecular formula is C13H21. The van der Waals surface area contributed by atoms with Gasteiger partial charge in [-0.25, -0.2) is 0 Å². The van der Waals surface area contributed by atoms with Crippen LogP contribution in [0.3, 0.4) is 0 Å². The molecule has 1 radical (unpaired) electrons. The monoisotopic (exact) mass is 177 g/mol. The summed E-state index contributed by atoms with van der Waals surface area (Å²) in [5.74, 6) is 0.943. The average molecular weight is 177 g/mol. The Bertz CT molecular complexity index is 172. The SMILES string of the molecule is [CH]1CCCCCC=C1C1CCCC1. The third-order valence-electron chi connectivity index (χ3n) is 3.49. The molecule has 0 spiro atoms. The zero-order chi connectivity index (χ0) is 8.93. The molecule has 2 aliphatic rings. The van der Waals surface area contributed by atoms with E-state index in [-0.39, 0.29) is 0 Å². The second-order valence-electron chi connectivity index (χ2n) is 4.53. The molecular weight excluding hydrogens is 156 g/mol. The molecule has 0 bridgehead atoms. The summed E-state index contributed by atoms with van der Waals surface area (Å²) in [5.41, 5.74) is 1.71. The number of rotatable bonds is 1. The predicted molar refractivity (Wildman–Crippen MR) is 57.4 cm³/mol. The van der Waals surface area contributed by atoms with E-state index in [4.69, 9.17) is 0 Å². The molecule has 0 atom stereocenters. The van der Waals surface area contributed by atoms with Crippen LogP contribution in [0.2, 0.25) is 0 Å². The Hall–Kier alpha value is -0.260. The van der Waals surface area contributed by atoms with Crippen LogP contribution in [0.25, 0.3) is 0 Å². The fourth-order valence-electron chi connectivity index (χ4n) is 2.68. The third kappa shape index (κ3) is 2.59. The van der Waals surface area contributed by atoms with E-state index in [0.29, 0.717) is 0 Å². The van der Waals surface area contributed by atoms with Crippen molar-refractivity contribution in [1.82, 2.24) is 0 Å². The lowest BCUT2D eigenvalue weighted by atomic mass is 9.89. The molecule has 0 nitrogen and oxygen atoms in total. The fraction of sp³-hybridized carbons (Fsp3) is 0.769. The Labute approximate surface area is 82.4 Å². The van der Waals surface area contributed by atoms with Gasteiger partial charge in [-0.2, -0.15) is 0 Å². The van der Waals surface area contributed by atoms with Crippen molar-refractivity contribution in [2.24, 2.45) is 5.92 Å². The number of hydrogen-bond acceptors (Lipinski definition) is 0. The lowest BCUT2D eigenvalue weighted by Gasteiger charge is -2.16. The number of hydrogen-bond donors (Lipinski definition) is 0. The van der Waals surface area contributed by atoms with Gasteiger partial charge in [-0.3, -0.25) is 0 Å². The Morgan fingerprint density at radius 3 is 2.46 bits per heavy atom. The second-order valence-corrected chi connectivity index (χ2v) is 4.53. The molecule has 0 saturated heterocycles. The fourth-order valence-corrected chi connectivity index (χ4v) is 2.68. The van der Waals surface area contributed by atoms with E-state index in [1.54, 1.807) is 5.57 Å². The first kappa shape index (κ1) is 9.30. The van der Waals surface area contributed by atoms with Crippen molar-refractivity contribution in [1.29, 1.82) is 0 Å². The summed E-state index contributed by atoms with van der Waals surface area (Å²) >= 11 is 0. The van der Waals surface area contributed by atoms with Gasteiger partial charge in [0, 0.05) is 0 Å². The van der Waals surface area contributed by atoms with Crippen LogP contribution < -0.4 is 0 Å². The molecule has 0 aliphatic heterocycles. The molecule has 0 heteroatoms. The molecule has 0 heterocycles. The highest BCUT2D eigenvalue weighted by atomic mass is 14.2. The van der Waals surface area contributed by atoms with E-state index < -0.39 is 0 Å². The Kier molecular flexibility index (Phi) is 3.46. The van der Waals surface area contributed by atoms with E-state index in [0.717, 1.165) is 5.92 Å². The first-order valence-electron chi connectivity index (χ1n) is 6.00. The van der Waals surface area contributed by atoms with Gasteiger partial charge >= 0.3 is 0 Å². The molecule has 2 aliphatic carbocycles. The van der Waals surface area contributed by atoms with Gasteiger partial charge in [0.15, 0.2) is 0 Å². The van der Waals surface area contributed by atoms with Gasteiger partial charge in [0.2, 0.25) is 0 Å². The maximum atomic E-state index is 2.52. The van der Waals surface area contributed by atoms with Gasteiger partial charge in [-0.1, -0.05) is 37.3 Å². The van der Waals surface area contributed by atoms with Crippen LogP contribution in [0.15, 0.2) is 11.6 Å². The molecule has 0 aromatic rings. The average Bonchev–Trinajstić information content (AvgIpc) is 2.55. The maximum Gasteiger partial charge on any atom is -0.0135 e. The van der Waals surface area contributed by atoms with Crippen LogP contribution in [0.1, 0.15) is 57.8 Å². The second kappa shape index (κ2) is 4.83. The first-order chi connectivity index (χ1) is 6.47. The van der Waals surface area contributed by atoms with E-state index >= 15 is 0 Å². The van der Waals surface area contributed by atoms with Gasteiger partial charge < -0.3 is 0 Å². The molecule has 0 aromatic carbocycles. The standard InChI is InChI=1S/C13H21/c1-2-4-8-12(9-5-3-1)13-10-6-7-11-13/h8-9,13H,1-7,10-11H2. The highest BCUT2D eigenvalue weighted by Gasteiger charge is 2.19. The molecule has 2 rings (SSSR count). The third-order valence-corrected chi connectivity index (χ3v) is 3.49. The minimum Gasteiger partial charge on any atom is -0.0847 e. The molecule has 1 fully saturated rings. The molecule has 73 valence electrons. The van der Waals surface area contributed by atoms with E-state index in [1.165, 1.54) is 57.8 Å². The van der Waals surface area contributed by atoms with Crippen LogP contribution in [-0.2, 0) is 0 Å².